The fourth-order valence-electron chi connectivity index (χ4n) is 6.05. The third-order valence-electron chi connectivity index (χ3n) is 7.81. The first-order valence-electron chi connectivity index (χ1n) is 11.4. The second-order valence-electron chi connectivity index (χ2n) is 9.59. The number of nitrogens with one attached hydrogen (secondary N) is 1. The van der Waals surface area contributed by atoms with Crippen molar-refractivity contribution in [3.05, 3.63) is 65.2 Å². The van der Waals surface area contributed by atoms with E-state index in [9.17, 15) is 4.79 Å². The zero-order valence-electron chi connectivity index (χ0n) is 18.2. The van der Waals surface area contributed by atoms with Crippen molar-refractivity contribution in [3.63, 3.8) is 0 Å². The van der Waals surface area contributed by atoms with Crippen molar-refractivity contribution < 1.29 is 4.79 Å². The molecule has 2 fully saturated rings. The number of piperidine rings is 1. The van der Waals surface area contributed by atoms with E-state index in [-0.39, 0.29) is 11.3 Å². The molecule has 3 aliphatic rings. The number of fused-ring (bicyclic) bond motifs is 2. The molecule has 2 aliphatic heterocycles. The molecule has 2 atom stereocenters. The zero-order valence-corrected chi connectivity index (χ0v) is 18.2. The molecule has 0 bridgehead atoms. The summed E-state index contributed by atoms with van der Waals surface area (Å²) in [4.78, 5) is 18.0. The first-order chi connectivity index (χ1) is 14.6. The monoisotopic (exact) mass is 403 g/mol. The lowest BCUT2D eigenvalue weighted by atomic mass is 9.72. The molecular weight excluding hydrogens is 370 g/mol. The molecule has 4 heteroatoms. The Hall–Kier alpha value is -2.33. The molecule has 5 rings (SSSR count). The van der Waals surface area contributed by atoms with E-state index >= 15 is 0 Å². The van der Waals surface area contributed by atoms with Crippen LogP contribution < -0.4 is 10.2 Å². The number of rotatable bonds is 3. The number of carbonyl (C=O) groups excluding carboxylic acids is 1. The van der Waals surface area contributed by atoms with E-state index in [4.69, 9.17) is 0 Å². The van der Waals surface area contributed by atoms with Crippen molar-refractivity contribution in [1.29, 1.82) is 0 Å². The van der Waals surface area contributed by atoms with Gasteiger partial charge in [0.25, 0.3) is 0 Å². The fraction of sp³-hybridized carbons (Fsp3) is 0.500. The lowest BCUT2D eigenvalue weighted by molar-refractivity contribution is -0.137. The maximum absolute atomic E-state index is 13.7. The summed E-state index contributed by atoms with van der Waals surface area (Å²) in [6.07, 6.45) is 4.32. The van der Waals surface area contributed by atoms with Gasteiger partial charge >= 0.3 is 0 Å². The first kappa shape index (κ1) is 19.6. The predicted molar refractivity (Wildman–Crippen MR) is 122 cm³/mol. The van der Waals surface area contributed by atoms with Crippen molar-refractivity contribution >= 4 is 11.6 Å². The van der Waals surface area contributed by atoms with Crippen LogP contribution in [0.3, 0.4) is 0 Å². The first-order valence-corrected chi connectivity index (χ1v) is 11.4. The molecule has 0 radical (unpaired) electrons. The fourth-order valence-corrected chi connectivity index (χ4v) is 6.05. The smallest absolute Gasteiger partial charge is 0.227 e. The summed E-state index contributed by atoms with van der Waals surface area (Å²) < 4.78 is 0. The number of likely N-dealkylation sites (tertiary alicyclic amines) is 1. The van der Waals surface area contributed by atoms with Crippen LogP contribution in [0.4, 0.5) is 5.69 Å². The highest BCUT2D eigenvalue weighted by atomic mass is 16.2. The van der Waals surface area contributed by atoms with Gasteiger partial charge in [0.15, 0.2) is 0 Å². The number of aryl methyl sites for hydroxylation is 1. The molecule has 0 unspecified atom stereocenters. The van der Waals surface area contributed by atoms with Crippen LogP contribution in [0.25, 0.3) is 0 Å². The summed E-state index contributed by atoms with van der Waals surface area (Å²) in [5.41, 5.74) is 5.50. The van der Waals surface area contributed by atoms with Gasteiger partial charge in [-0.2, -0.15) is 0 Å². The topological polar surface area (TPSA) is 35.6 Å². The Bertz CT molecular complexity index is 917. The SMILES string of the molecule is CN(C)c1ccc2c(c1)CC[C@]21CNC[C@H]1C(=O)N1CCC(c2ccccc2)CC1. The van der Waals surface area contributed by atoms with E-state index < -0.39 is 0 Å². The Morgan fingerprint density at radius 2 is 1.87 bits per heavy atom. The maximum Gasteiger partial charge on any atom is 0.227 e. The van der Waals surface area contributed by atoms with Gasteiger partial charge < -0.3 is 15.1 Å². The zero-order chi connectivity index (χ0) is 20.7. The number of benzene rings is 2. The molecule has 158 valence electrons. The molecule has 1 amide bonds. The van der Waals surface area contributed by atoms with E-state index in [1.165, 1.54) is 22.4 Å². The van der Waals surface area contributed by atoms with Crippen molar-refractivity contribution in [3.8, 4) is 0 Å². The second-order valence-corrected chi connectivity index (χ2v) is 9.59. The van der Waals surface area contributed by atoms with Crippen LogP contribution in [0.5, 0.6) is 0 Å². The summed E-state index contributed by atoms with van der Waals surface area (Å²) >= 11 is 0. The predicted octanol–water partition coefficient (Wildman–Crippen LogP) is 3.56. The molecule has 0 saturated carbocycles. The summed E-state index contributed by atoms with van der Waals surface area (Å²) in [6.45, 7) is 3.51. The lowest BCUT2D eigenvalue weighted by Gasteiger charge is -2.38. The number of amides is 1. The Labute approximate surface area is 180 Å². The molecular formula is C26H33N3O. The molecule has 1 spiro atoms. The molecule has 2 aromatic carbocycles. The van der Waals surface area contributed by atoms with E-state index in [0.717, 1.165) is 51.9 Å². The molecule has 2 aromatic rings. The van der Waals surface area contributed by atoms with Crippen molar-refractivity contribution in [1.82, 2.24) is 10.2 Å². The minimum absolute atomic E-state index is 0.0203. The highest BCUT2D eigenvalue weighted by molar-refractivity contribution is 5.82. The summed E-state index contributed by atoms with van der Waals surface area (Å²) in [5.74, 6) is 1.02. The highest BCUT2D eigenvalue weighted by Gasteiger charge is 2.52. The second kappa shape index (κ2) is 7.73. The van der Waals surface area contributed by atoms with Crippen LogP contribution in [0.2, 0.25) is 0 Å². The van der Waals surface area contributed by atoms with Gasteiger partial charge in [-0.05, 0) is 60.4 Å². The van der Waals surface area contributed by atoms with Crippen LogP contribution >= 0.6 is 0 Å². The molecule has 1 N–H and O–H groups in total. The standard InChI is InChI=1S/C26H33N3O/c1-28(2)22-8-9-23-21(16-22)10-13-26(23)18-27-17-24(26)25(30)29-14-11-20(12-15-29)19-6-4-3-5-7-19/h3-9,16,20,24,27H,10-15,17-18H2,1-2H3/t24-,26-/m0/s1. The Balaban J connectivity index is 1.33. The summed E-state index contributed by atoms with van der Waals surface area (Å²) in [5, 5.41) is 3.58. The third kappa shape index (κ3) is 3.22. The minimum Gasteiger partial charge on any atom is -0.378 e. The number of hydrogen-bond acceptors (Lipinski definition) is 3. The van der Waals surface area contributed by atoms with Gasteiger partial charge in [-0.1, -0.05) is 36.4 Å². The molecule has 2 heterocycles. The number of anilines is 1. The van der Waals surface area contributed by atoms with Crippen LogP contribution in [-0.4, -0.2) is 51.1 Å². The quantitative estimate of drug-likeness (QED) is 0.851. The van der Waals surface area contributed by atoms with Gasteiger partial charge in [-0.25, -0.2) is 0 Å². The van der Waals surface area contributed by atoms with Crippen LogP contribution in [0.15, 0.2) is 48.5 Å². The van der Waals surface area contributed by atoms with E-state index in [1.54, 1.807) is 0 Å². The van der Waals surface area contributed by atoms with Gasteiger partial charge in [-0.3, -0.25) is 4.79 Å². The Kier molecular flexibility index (Phi) is 5.06. The molecule has 30 heavy (non-hydrogen) atoms. The lowest BCUT2D eigenvalue weighted by Crippen LogP contribution is -2.47. The van der Waals surface area contributed by atoms with E-state index in [2.05, 4.69) is 77.7 Å². The van der Waals surface area contributed by atoms with Crippen LogP contribution in [0, 0.1) is 5.92 Å². The maximum atomic E-state index is 13.7. The van der Waals surface area contributed by atoms with E-state index in [1.807, 2.05) is 0 Å². The van der Waals surface area contributed by atoms with Crippen molar-refractivity contribution in [2.24, 2.45) is 5.92 Å². The van der Waals surface area contributed by atoms with Crippen molar-refractivity contribution in [2.45, 2.75) is 37.0 Å². The van der Waals surface area contributed by atoms with Gasteiger partial charge in [-0.15, -0.1) is 0 Å². The molecule has 0 aromatic heterocycles. The van der Waals surface area contributed by atoms with Crippen LogP contribution in [0.1, 0.15) is 41.9 Å². The number of carbonyl (C=O) groups is 1. The number of nitrogens with zero attached hydrogens (tertiary/aromatic N) is 2. The third-order valence-corrected chi connectivity index (χ3v) is 7.81. The van der Waals surface area contributed by atoms with Gasteiger partial charge in [0.05, 0.1) is 5.92 Å². The largest absolute Gasteiger partial charge is 0.378 e. The average molecular weight is 404 g/mol. The van der Waals surface area contributed by atoms with Gasteiger partial charge in [0.2, 0.25) is 5.91 Å². The molecule has 1 aliphatic carbocycles. The highest BCUT2D eigenvalue weighted by Crippen LogP contribution is 2.48. The van der Waals surface area contributed by atoms with E-state index in [0.29, 0.717) is 11.8 Å². The van der Waals surface area contributed by atoms with Crippen LogP contribution in [-0.2, 0) is 16.6 Å². The van der Waals surface area contributed by atoms with Gasteiger partial charge in [0.1, 0.15) is 0 Å². The Morgan fingerprint density at radius 3 is 2.60 bits per heavy atom. The number of hydrogen-bond donors (Lipinski definition) is 1. The normalized spacial score (nSPS) is 26.2. The van der Waals surface area contributed by atoms with Crippen molar-refractivity contribution in [2.75, 3.05) is 45.2 Å². The summed E-state index contributed by atoms with van der Waals surface area (Å²) in [7, 11) is 4.18. The minimum atomic E-state index is -0.0203. The molecule has 4 nitrogen and oxygen atoms in total. The Morgan fingerprint density at radius 1 is 1.10 bits per heavy atom. The molecule has 2 saturated heterocycles. The van der Waals surface area contributed by atoms with Gasteiger partial charge in [0, 0.05) is 51.4 Å². The average Bonchev–Trinajstić information content (AvgIpc) is 3.38. The summed E-state index contributed by atoms with van der Waals surface area (Å²) in [6, 6.07) is 17.6.